The molecule has 0 radical (unpaired) electrons. The summed E-state index contributed by atoms with van der Waals surface area (Å²) in [6.07, 6.45) is 19.6. The lowest BCUT2D eigenvalue weighted by Gasteiger charge is -2.25. The lowest BCUT2D eigenvalue weighted by Crippen LogP contribution is -2.31. The Hall–Kier alpha value is -6.24. The molecule has 2 saturated heterocycles. The molecule has 0 bridgehead atoms. The summed E-state index contributed by atoms with van der Waals surface area (Å²) in [7, 11) is 0. The van der Waals surface area contributed by atoms with Gasteiger partial charge in [-0.25, -0.2) is 8.78 Å². The van der Waals surface area contributed by atoms with Gasteiger partial charge in [0.2, 0.25) is 0 Å². The fourth-order valence-electron chi connectivity index (χ4n) is 10.7. The maximum Gasteiger partial charge on any atom is 0.166 e. The van der Waals surface area contributed by atoms with Gasteiger partial charge >= 0.3 is 0 Å². The Balaban J connectivity index is 0.000000464. The SMILES string of the molecule is CCCCc1ccccc1/C=C(\C)C(C)=N.Cc1cc(COc2c(C=N)cc(CCc3ccc(-c4ccc(OCCCCCOCC5CCC6OC6C5)cc4)c(F)c3F)c3ccccc23)ccc1OCCCCCCOCC1COC1. The number of nitrogens with one attached hydrogen (secondary N) is 2. The largest absolute Gasteiger partial charge is 0.494 e. The van der Waals surface area contributed by atoms with E-state index in [1.165, 1.54) is 43.0 Å². The molecule has 11 heteroatoms. The van der Waals surface area contributed by atoms with Crippen LogP contribution in [0.25, 0.3) is 28.0 Å². The highest BCUT2D eigenvalue weighted by molar-refractivity contribution is 6.00. The zero-order chi connectivity index (χ0) is 56.8. The van der Waals surface area contributed by atoms with Gasteiger partial charge in [0.15, 0.2) is 11.6 Å². The van der Waals surface area contributed by atoms with Gasteiger partial charge in [0.25, 0.3) is 0 Å². The van der Waals surface area contributed by atoms with Crippen molar-refractivity contribution in [2.75, 3.05) is 52.9 Å². The third-order valence-corrected chi connectivity index (χ3v) is 15.9. The number of benzene rings is 6. The number of allylic oxidation sites excluding steroid dienone is 1. The number of hydrogen-bond donors (Lipinski definition) is 2. The predicted molar refractivity (Wildman–Crippen MR) is 324 cm³/mol. The van der Waals surface area contributed by atoms with Crippen LogP contribution in [0.15, 0.2) is 115 Å². The molecule has 9 rings (SSSR count). The van der Waals surface area contributed by atoms with Crippen LogP contribution in [0, 0.1) is 41.2 Å². The van der Waals surface area contributed by atoms with E-state index in [2.05, 4.69) is 43.3 Å². The van der Waals surface area contributed by atoms with Crippen molar-refractivity contribution in [3.05, 3.63) is 165 Å². The smallest absolute Gasteiger partial charge is 0.166 e. The zero-order valence-electron chi connectivity index (χ0n) is 48.4. The molecule has 2 N–H and O–H groups in total. The Morgan fingerprint density at radius 2 is 1.32 bits per heavy atom. The van der Waals surface area contributed by atoms with Crippen LogP contribution in [0.1, 0.15) is 137 Å². The van der Waals surface area contributed by atoms with E-state index in [0.717, 1.165) is 136 Å². The van der Waals surface area contributed by atoms with Gasteiger partial charge in [-0.1, -0.05) is 98.6 Å². The van der Waals surface area contributed by atoms with E-state index >= 15 is 8.78 Å². The first kappa shape index (κ1) is 60.8. The lowest BCUT2D eigenvalue weighted by molar-refractivity contribution is -0.0718. The Kier molecular flexibility index (Phi) is 23.9. The van der Waals surface area contributed by atoms with Crippen molar-refractivity contribution in [3.8, 4) is 28.4 Å². The van der Waals surface area contributed by atoms with Crippen LogP contribution in [0.5, 0.6) is 17.2 Å². The van der Waals surface area contributed by atoms with Crippen LogP contribution in [-0.4, -0.2) is 77.0 Å². The number of halogens is 2. The molecule has 0 aromatic heterocycles. The average molecular weight is 1110 g/mol. The minimum Gasteiger partial charge on any atom is -0.494 e. The Morgan fingerprint density at radius 3 is 2.02 bits per heavy atom. The van der Waals surface area contributed by atoms with Crippen LogP contribution < -0.4 is 14.2 Å². The van der Waals surface area contributed by atoms with Crippen molar-refractivity contribution in [2.24, 2.45) is 11.8 Å². The molecule has 3 unspecified atom stereocenters. The first-order chi connectivity index (χ1) is 39.6. The first-order valence-electron chi connectivity index (χ1n) is 29.9. The number of fused-ring (bicyclic) bond motifs is 2. The van der Waals surface area contributed by atoms with Crippen LogP contribution in [0.3, 0.4) is 0 Å². The average Bonchev–Trinajstić information content (AvgIpc) is 4.27. The Labute approximate surface area is 480 Å². The van der Waals surface area contributed by atoms with E-state index in [1.807, 2.05) is 75.4 Å². The molecule has 9 nitrogen and oxygen atoms in total. The summed E-state index contributed by atoms with van der Waals surface area (Å²) >= 11 is 0. The molecule has 2 aliphatic heterocycles. The monoisotopic (exact) mass is 1100 g/mol. The summed E-state index contributed by atoms with van der Waals surface area (Å²) in [5.41, 5.74) is 9.06. The minimum absolute atomic E-state index is 0.213. The van der Waals surface area contributed by atoms with Crippen molar-refractivity contribution < 1.29 is 41.9 Å². The summed E-state index contributed by atoms with van der Waals surface area (Å²) in [6.45, 7) is 14.6. The number of ether oxygens (including phenoxy) is 7. The molecule has 81 heavy (non-hydrogen) atoms. The second kappa shape index (κ2) is 31.8. The van der Waals surface area contributed by atoms with E-state index in [0.29, 0.717) is 90.6 Å². The highest BCUT2D eigenvalue weighted by Crippen LogP contribution is 2.40. The summed E-state index contributed by atoms with van der Waals surface area (Å²) in [5, 5.41) is 17.7. The number of hydrogen-bond acceptors (Lipinski definition) is 9. The molecule has 0 spiro atoms. The Morgan fingerprint density at radius 1 is 0.630 bits per heavy atom. The second-order valence-corrected chi connectivity index (χ2v) is 22.3. The molecule has 3 fully saturated rings. The Bertz CT molecular complexity index is 2990. The molecule has 6 aromatic rings. The van der Waals surface area contributed by atoms with Gasteiger partial charge in [0.1, 0.15) is 23.9 Å². The molecule has 6 aromatic carbocycles. The molecule has 1 aliphatic carbocycles. The number of unbranched alkanes of at least 4 members (excludes halogenated alkanes) is 6. The van der Waals surface area contributed by atoms with Crippen LogP contribution >= 0.6 is 0 Å². The lowest BCUT2D eigenvalue weighted by atomic mass is 9.90. The van der Waals surface area contributed by atoms with Crippen molar-refractivity contribution in [1.82, 2.24) is 0 Å². The summed E-state index contributed by atoms with van der Waals surface area (Å²) in [4.78, 5) is 0. The normalized spacial score (nSPS) is 16.7. The van der Waals surface area contributed by atoms with E-state index < -0.39 is 11.6 Å². The van der Waals surface area contributed by atoms with Gasteiger partial charge in [-0.05, 0) is 196 Å². The molecule has 3 atom stereocenters. The quantitative estimate of drug-likeness (QED) is 0.0246. The van der Waals surface area contributed by atoms with E-state index in [9.17, 15) is 0 Å². The number of aryl methyl sites for hydroxylation is 4. The van der Waals surface area contributed by atoms with Gasteiger partial charge in [0.05, 0.1) is 45.2 Å². The molecule has 0 amide bonds. The van der Waals surface area contributed by atoms with Crippen molar-refractivity contribution >= 4 is 28.8 Å². The fourth-order valence-corrected chi connectivity index (χ4v) is 10.7. The van der Waals surface area contributed by atoms with E-state index in [1.54, 1.807) is 24.3 Å². The van der Waals surface area contributed by atoms with Gasteiger partial charge < -0.3 is 44.0 Å². The standard InChI is InChI=1S/C55H65F2NO7.C15H21N/c1-38-29-39(13-23-50(38)63-28-9-3-2-7-25-60-34-41-35-61-36-41)37-64-55-45(32-58)31-44(47-11-5-6-12-49(47)55)16-15-43-19-22-48(54(57)53(43)56)42-17-20-46(21-18-42)62-27-10-4-8-26-59-33-40-14-24-51-52(30-40)65-51;1-4-5-8-14-9-6-7-10-15(14)11-12(2)13(3)16/h5-6,11-13,17-23,29,31-32,40-41,51-52,58H,2-4,7-10,14-16,24-28,30,33-37H2,1H3;6-7,9-11,16H,4-5,8H2,1-3H3/b;12-11+,16-13?. The van der Waals surface area contributed by atoms with Crippen molar-refractivity contribution in [3.63, 3.8) is 0 Å². The maximum absolute atomic E-state index is 15.7. The molecule has 1 saturated carbocycles. The van der Waals surface area contributed by atoms with Gasteiger partial charge in [0, 0.05) is 54.2 Å². The van der Waals surface area contributed by atoms with Crippen molar-refractivity contribution in [2.45, 2.75) is 143 Å². The molecule has 2 heterocycles. The van der Waals surface area contributed by atoms with E-state index in [4.69, 9.17) is 44.0 Å². The highest BCUT2D eigenvalue weighted by Gasteiger charge is 2.43. The second-order valence-electron chi connectivity index (χ2n) is 22.3. The zero-order valence-corrected chi connectivity index (χ0v) is 48.4. The highest BCUT2D eigenvalue weighted by atomic mass is 19.2. The number of epoxide rings is 1. The van der Waals surface area contributed by atoms with Crippen LogP contribution in [0.4, 0.5) is 8.78 Å². The van der Waals surface area contributed by atoms with Crippen molar-refractivity contribution in [1.29, 1.82) is 10.8 Å². The predicted octanol–water partition coefficient (Wildman–Crippen LogP) is 16.7. The van der Waals surface area contributed by atoms with Gasteiger partial charge in [-0.3, -0.25) is 0 Å². The van der Waals surface area contributed by atoms with Crippen LogP contribution in [-0.2, 0) is 44.8 Å². The third kappa shape index (κ3) is 18.4. The van der Waals surface area contributed by atoms with Crippen LogP contribution in [0.2, 0.25) is 0 Å². The summed E-state index contributed by atoms with van der Waals surface area (Å²) in [5.74, 6) is 1.71. The van der Waals surface area contributed by atoms with Gasteiger partial charge in [-0.15, -0.1) is 0 Å². The fraction of sp³-hybridized carbons (Fsp3) is 0.457. The number of rotatable bonds is 32. The molecule has 3 aliphatic rings. The molecular formula is C70H86F2N2O7. The topological polar surface area (TPSA) is 116 Å². The molecular weight excluding hydrogens is 1020 g/mol. The third-order valence-electron chi connectivity index (χ3n) is 15.9. The summed E-state index contributed by atoms with van der Waals surface area (Å²) < 4.78 is 72.3. The maximum atomic E-state index is 15.7. The van der Waals surface area contributed by atoms with E-state index in [-0.39, 0.29) is 5.56 Å². The first-order valence-corrected chi connectivity index (χ1v) is 29.9. The molecule has 432 valence electrons. The van der Waals surface area contributed by atoms with Gasteiger partial charge in [-0.2, -0.15) is 0 Å². The summed E-state index contributed by atoms with van der Waals surface area (Å²) in [6, 6.07) is 34.9. The minimum atomic E-state index is -0.862.